The Morgan fingerprint density at radius 2 is 1.93 bits per heavy atom. The lowest BCUT2D eigenvalue weighted by molar-refractivity contribution is 0.208. The summed E-state index contributed by atoms with van der Waals surface area (Å²) in [5, 5.41) is 0. The van der Waals surface area contributed by atoms with Gasteiger partial charge in [0.05, 0.1) is 12.2 Å². The first-order valence-electron chi connectivity index (χ1n) is 4.79. The van der Waals surface area contributed by atoms with Gasteiger partial charge in [0.1, 0.15) is 5.75 Å². The van der Waals surface area contributed by atoms with Gasteiger partial charge >= 0.3 is 0 Å². The maximum atomic E-state index is 12.7. The Bertz CT molecular complexity index is 319. The minimum Gasteiger partial charge on any atom is -0.490 e. The van der Waals surface area contributed by atoms with Crippen LogP contribution in [0.15, 0.2) is 12.1 Å². The molecule has 2 rings (SSSR count). The van der Waals surface area contributed by atoms with E-state index in [1.807, 2.05) is 0 Å². The molecule has 0 spiro atoms. The van der Waals surface area contributed by atoms with Crippen LogP contribution >= 0.6 is 0 Å². The zero-order valence-electron chi connectivity index (χ0n) is 7.72. The van der Waals surface area contributed by atoms with Crippen LogP contribution in [0.1, 0.15) is 25.7 Å². The van der Waals surface area contributed by atoms with Crippen LogP contribution in [0.2, 0.25) is 0 Å². The molecule has 1 fully saturated rings. The fourth-order valence-electron chi connectivity index (χ4n) is 1.69. The van der Waals surface area contributed by atoms with Gasteiger partial charge in [0.2, 0.25) is 0 Å². The highest BCUT2D eigenvalue weighted by Crippen LogP contribution is 2.24. The fraction of sp³-hybridized carbons (Fsp3) is 0.455. The zero-order valence-corrected chi connectivity index (χ0v) is 7.72. The predicted molar refractivity (Wildman–Crippen MR) is 48.1 cm³/mol. The van der Waals surface area contributed by atoms with Crippen LogP contribution in [0.5, 0.6) is 5.75 Å². The molecular formula is C11H11F2O. The molecule has 0 bridgehead atoms. The van der Waals surface area contributed by atoms with E-state index in [0.717, 1.165) is 31.7 Å². The van der Waals surface area contributed by atoms with Gasteiger partial charge in [-0.25, -0.2) is 8.78 Å². The van der Waals surface area contributed by atoms with E-state index in [1.165, 1.54) is 6.07 Å². The van der Waals surface area contributed by atoms with E-state index < -0.39 is 11.6 Å². The van der Waals surface area contributed by atoms with Gasteiger partial charge in [0.25, 0.3) is 0 Å². The Balaban J connectivity index is 2.05. The number of halogens is 2. The lowest BCUT2D eigenvalue weighted by Crippen LogP contribution is -2.11. The third-order valence-electron chi connectivity index (χ3n) is 2.42. The SMILES string of the molecule is Fc1[c]c(OC2CCCC2)ccc1F. The van der Waals surface area contributed by atoms with E-state index in [1.54, 1.807) is 0 Å². The van der Waals surface area contributed by atoms with Gasteiger partial charge in [-0.3, -0.25) is 0 Å². The second-order valence-electron chi connectivity index (χ2n) is 3.51. The number of hydrogen-bond acceptors (Lipinski definition) is 1. The molecule has 14 heavy (non-hydrogen) atoms. The molecule has 1 nitrogen and oxygen atoms in total. The van der Waals surface area contributed by atoms with E-state index >= 15 is 0 Å². The summed E-state index contributed by atoms with van der Waals surface area (Å²) in [4.78, 5) is 0. The molecular weight excluding hydrogens is 186 g/mol. The van der Waals surface area contributed by atoms with Crippen molar-refractivity contribution in [2.75, 3.05) is 0 Å². The van der Waals surface area contributed by atoms with Crippen LogP contribution in [0.25, 0.3) is 0 Å². The van der Waals surface area contributed by atoms with Crippen LogP contribution in [0.3, 0.4) is 0 Å². The van der Waals surface area contributed by atoms with Crippen molar-refractivity contribution in [2.24, 2.45) is 0 Å². The molecule has 0 N–H and O–H groups in total. The highest BCUT2D eigenvalue weighted by atomic mass is 19.2. The van der Waals surface area contributed by atoms with E-state index in [9.17, 15) is 8.78 Å². The summed E-state index contributed by atoms with van der Waals surface area (Å²) in [6.07, 6.45) is 4.43. The highest BCUT2D eigenvalue weighted by molar-refractivity contribution is 5.22. The molecule has 0 atom stereocenters. The summed E-state index contributed by atoms with van der Waals surface area (Å²) in [7, 11) is 0. The first kappa shape index (κ1) is 9.44. The van der Waals surface area contributed by atoms with E-state index in [2.05, 4.69) is 6.07 Å². The summed E-state index contributed by atoms with van der Waals surface area (Å²) >= 11 is 0. The van der Waals surface area contributed by atoms with Crippen LogP contribution in [0, 0.1) is 17.7 Å². The van der Waals surface area contributed by atoms with E-state index in [-0.39, 0.29) is 6.10 Å². The average molecular weight is 197 g/mol. The standard InChI is InChI=1S/C11H11F2O/c12-10-6-5-9(7-11(10)13)14-8-3-1-2-4-8/h5-6,8H,1-4H2. The van der Waals surface area contributed by atoms with Crippen molar-refractivity contribution in [1.29, 1.82) is 0 Å². The van der Waals surface area contributed by atoms with Gasteiger partial charge in [-0.1, -0.05) is 0 Å². The predicted octanol–water partition coefficient (Wildman–Crippen LogP) is 3.09. The Morgan fingerprint density at radius 1 is 1.21 bits per heavy atom. The summed E-state index contributed by atoms with van der Waals surface area (Å²) in [6.45, 7) is 0. The second-order valence-corrected chi connectivity index (χ2v) is 3.51. The molecule has 0 heterocycles. The molecule has 1 aromatic carbocycles. The zero-order chi connectivity index (χ0) is 9.97. The molecule has 0 aliphatic heterocycles. The number of hydrogen-bond donors (Lipinski definition) is 0. The van der Waals surface area contributed by atoms with Crippen LogP contribution < -0.4 is 4.74 Å². The van der Waals surface area contributed by atoms with Gasteiger partial charge in [-0.15, -0.1) is 0 Å². The van der Waals surface area contributed by atoms with Crippen molar-refractivity contribution < 1.29 is 13.5 Å². The molecule has 0 saturated heterocycles. The number of rotatable bonds is 2. The Hall–Kier alpha value is -1.12. The quantitative estimate of drug-likeness (QED) is 0.707. The normalized spacial score (nSPS) is 17.3. The maximum absolute atomic E-state index is 12.7. The summed E-state index contributed by atoms with van der Waals surface area (Å²) in [6, 6.07) is 4.72. The van der Waals surface area contributed by atoms with Crippen molar-refractivity contribution in [1.82, 2.24) is 0 Å². The van der Waals surface area contributed by atoms with Crippen molar-refractivity contribution >= 4 is 0 Å². The third kappa shape index (κ3) is 2.03. The maximum Gasteiger partial charge on any atom is 0.170 e. The fourth-order valence-corrected chi connectivity index (χ4v) is 1.69. The molecule has 0 unspecified atom stereocenters. The number of benzene rings is 1. The van der Waals surface area contributed by atoms with Crippen molar-refractivity contribution in [2.45, 2.75) is 31.8 Å². The molecule has 1 radical (unpaired) electrons. The third-order valence-corrected chi connectivity index (χ3v) is 2.42. The lowest BCUT2D eigenvalue weighted by atomic mass is 10.3. The first-order chi connectivity index (χ1) is 6.75. The second kappa shape index (κ2) is 3.95. The molecule has 0 aromatic heterocycles. The smallest absolute Gasteiger partial charge is 0.170 e. The van der Waals surface area contributed by atoms with Gasteiger partial charge < -0.3 is 4.74 Å². The first-order valence-corrected chi connectivity index (χ1v) is 4.79. The van der Waals surface area contributed by atoms with Gasteiger partial charge in [-0.05, 0) is 37.8 Å². The minimum absolute atomic E-state index is 0.149. The lowest BCUT2D eigenvalue weighted by Gasteiger charge is -2.12. The largest absolute Gasteiger partial charge is 0.490 e. The molecule has 1 saturated carbocycles. The average Bonchev–Trinajstić information content (AvgIpc) is 2.64. The van der Waals surface area contributed by atoms with Gasteiger partial charge in [0, 0.05) is 0 Å². The monoisotopic (exact) mass is 197 g/mol. The van der Waals surface area contributed by atoms with Gasteiger partial charge in [-0.2, -0.15) is 0 Å². The summed E-state index contributed by atoms with van der Waals surface area (Å²) in [5.74, 6) is -1.56. The molecule has 1 aliphatic rings. The number of ether oxygens (including phenoxy) is 1. The summed E-state index contributed by atoms with van der Waals surface area (Å²) < 4.78 is 30.7. The highest BCUT2D eigenvalue weighted by Gasteiger charge is 2.17. The topological polar surface area (TPSA) is 9.23 Å². The van der Waals surface area contributed by atoms with Crippen LogP contribution in [0.4, 0.5) is 8.78 Å². The molecule has 3 heteroatoms. The Kier molecular flexibility index (Phi) is 2.66. The van der Waals surface area contributed by atoms with Gasteiger partial charge in [0.15, 0.2) is 11.6 Å². The van der Waals surface area contributed by atoms with Crippen molar-refractivity contribution in [3.05, 3.63) is 29.8 Å². The van der Waals surface area contributed by atoms with Crippen molar-refractivity contribution in [3.63, 3.8) is 0 Å². The molecule has 1 aliphatic carbocycles. The summed E-state index contributed by atoms with van der Waals surface area (Å²) in [5.41, 5.74) is 0. The molecule has 0 amide bonds. The minimum atomic E-state index is -0.972. The van der Waals surface area contributed by atoms with E-state index in [4.69, 9.17) is 4.74 Å². The molecule has 1 aromatic rings. The van der Waals surface area contributed by atoms with Crippen LogP contribution in [-0.4, -0.2) is 6.10 Å². The van der Waals surface area contributed by atoms with E-state index in [0.29, 0.717) is 5.75 Å². The molecule has 75 valence electrons. The Labute approximate surface area is 81.7 Å². The van der Waals surface area contributed by atoms with Crippen LogP contribution in [-0.2, 0) is 0 Å². The van der Waals surface area contributed by atoms with Crippen molar-refractivity contribution in [3.8, 4) is 5.75 Å². The Morgan fingerprint density at radius 3 is 2.57 bits per heavy atom.